The van der Waals surface area contributed by atoms with Gasteiger partial charge >= 0.3 is 21.2 Å². The van der Waals surface area contributed by atoms with Crippen LogP contribution in [-0.4, -0.2) is 41.2 Å². The van der Waals surface area contributed by atoms with Crippen LogP contribution in [0.5, 0.6) is 0 Å². The van der Waals surface area contributed by atoms with Crippen LogP contribution >= 0.6 is 0 Å². The molecule has 1 radical (unpaired) electrons. The summed E-state index contributed by atoms with van der Waals surface area (Å²) in [7, 11) is 1.29. The van der Waals surface area contributed by atoms with Gasteiger partial charge in [0.25, 0.3) is 0 Å². The highest BCUT2D eigenvalue weighted by Gasteiger charge is 2.31. The first-order chi connectivity index (χ1) is 11.4. The van der Waals surface area contributed by atoms with Crippen molar-refractivity contribution in [1.29, 1.82) is 0 Å². The molecule has 1 aromatic rings. The number of carbonyl (C=O) groups is 2. The molecule has 1 rings (SSSR count). The molecule has 0 aromatic heterocycles. The van der Waals surface area contributed by atoms with E-state index in [1.807, 2.05) is 6.92 Å². The van der Waals surface area contributed by atoms with Gasteiger partial charge in [-0.3, -0.25) is 0 Å². The van der Waals surface area contributed by atoms with Gasteiger partial charge in [-0.1, -0.05) is 32.1 Å². The molecular weight excluding hydrogens is 328 g/mol. The van der Waals surface area contributed by atoms with E-state index in [0.29, 0.717) is 6.42 Å². The van der Waals surface area contributed by atoms with Gasteiger partial charge in [-0.2, -0.15) is 0 Å². The predicted octanol–water partition coefficient (Wildman–Crippen LogP) is 3.02. The lowest BCUT2D eigenvalue weighted by Crippen LogP contribution is -2.39. The average Bonchev–Trinajstić information content (AvgIpc) is 2.55. The first-order valence-electron chi connectivity index (χ1n) is 7.57. The fraction of sp³-hybridized carbons (Fsp3) is 0.412. The molecule has 24 heavy (non-hydrogen) atoms. The van der Waals surface area contributed by atoms with E-state index < -0.39 is 26.9 Å². The van der Waals surface area contributed by atoms with E-state index in [0.717, 1.165) is 6.42 Å². The highest BCUT2D eigenvalue weighted by Crippen LogP contribution is 2.17. The standard InChI is InChI=1S/C17H23O6Si/c1-6-9-15(24(20-4)21-5)23-17(19)14-11-8-7-10-13(14)16(18)22-12(2)3/h7-8,10-11,15H,2,6,9H2,1,3-5H3. The molecule has 0 fully saturated rings. The zero-order valence-corrected chi connectivity index (χ0v) is 15.5. The molecule has 0 heterocycles. The fourth-order valence-electron chi connectivity index (χ4n) is 2.08. The van der Waals surface area contributed by atoms with Crippen molar-refractivity contribution in [2.45, 2.75) is 32.4 Å². The molecule has 131 valence electrons. The van der Waals surface area contributed by atoms with Crippen molar-refractivity contribution in [3.05, 3.63) is 47.7 Å². The normalized spacial score (nSPS) is 11.9. The first-order valence-corrected chi connectivity index (χ1v) is 8.96. The van der Waals surface area contributed by atoms with E-state index in [4.69, 9.17) is 18.3 Å². The van der Waals surface area contributed by atoms with Gasteiger partial charge in [-0.15, -0.1) is 0 Å². The van der Waals surface area contributed by atoms with Crippen LogP contribution in [0.4, 0.5) is 0 Å². The lowest BCUT2D eigenvalue weighted by molar-refractivity contribution is 0.0340. The van der Waals surface area contributed by atoms with E-state index in [1.54, 1.807) is 19.1 Å². The van der Waals surface area contributed by atoms with Crippen LogP contribution in [0.2, 0.25) is 0 Å². The van der Waals surface area contributed by atoms with Gasteiger partial charge in [0.15, 0.2) is 0 Å². The first kappa shape index (κ1) is 20.1. The second kappa shape index (κ2) is 10.0. The van der Waals surface area contributed by atoms with Crippen molar-refractivity contribution in [1.82, 2.24) is 0 Å². The van der Waals surface area contributed by atoms with Crippen LogP contribution in [0.15, 0.2) is 36.6 Å². The number of carbonyl (C=O) groups excluding carboxylic acids is 2. The Hall–Kier alpha value is -1.96. The zero-order valence-electron chi connectivity index (χ0n) is 14.5. The number of ether oxygens (including phenoxy) is 2. The Labute approximate surface area is 144 Å². The topological polar surface area (TPSA) is 71.1 Å². The molecule has 0 amide bonds. The summed E-state index contributed by atoms with van der Waals surface area (Å²) < 4.78 is 21.1. The SMILES string of the molecule is C=C(C)OC(=O)c1ccccc1C(=O)OC(CCC)[Si](OC)OC. The lowest BCUT2D eigenvalue weighted by atomic mass is 10.1. The van der Waals surface area contributed by atoms with Gasteiger partial charge < -0.3 is 18.3 Å². The van der Waals surface area contributed by atoms with E-state index in [1.165, 1.54) is 26.4 Å². The zero-order chi connectivity index (χ0) is 18.1. The second-order valence-corrected chi connectivity index (χ2v) is 7.15. The maximum Gasteiger partial charge on any atom is 0.429 e. The molecule has 0 bridgehead atoms. The molecule has 0 aliphatic rings. The number of esters is 2. The van der Waals surface area contributed by atoms with E-state index in [2.05, 4.69) is 6.58 Å². The molecule has 1 aromatic carbocycles. The summed E-state index contributed by atoms with van der Waals surface area (Å²) in [5.74, 6) is -1.01. The molecule has 0 spiro atoms. The summed E-state index contributed by atoms with van der Waals surface area (Å²) in [5.41, 5.74) is -0.213. The molecule has 0 saturated carbocycles. The molecule has 0 aliphatic heterocycles. The second-order valence-electron chi connectivity index (χ2n) is 5.05. The Morgan fingerprint density at radius 3 is 2.12 bits per heavy atom. The van der Waals surface area contributed by atoms with Crippen LogP contribution in [-0.2, 0) is 18.3 Å². The van der Waals surface area contributed by atoms with Crippen molar-refractivity contribution in [2.75, 3.05) is 14.2 Å². The predicted molar refractivity (Wildman–Crippen MR) is 90.6 cm³/mol. The molecular formula is C17H23O6Si. The number of allylic oxidation sites excluding steroid dienone is 1. The Morgan fingerprint density at radius 2 is 1.67 bits per heavy atom. The van der Waals surface area contributed by atoms with Crippen molar-refractivity contribution in [3.63, 3.8) is 0 Å². The highest BCUT2D eigenvalue weighted by atomic mass is 28.3. The Kier molecular flexibility index (Phi) is 8.38. The molecule has 1 atom stereocenters. The van der Waals surface area contributed by atoms with Gasteiger partial charge in [-0.05, 0) is 25.5 Å². The third kappa shape index (κ3) is 5.59. The number of hydrogen-bond acceptors (Lipinski definition) is 6. The minimum Gasteiger partial charge on any atom is -0.457 e. The van der Waals surface area contributed by atoms with Gasteiger partial charge in [0.2, 0.25) is 0 Å². The summed E-state index contributed by atoms with van der Waals surface area (Å²) in [4.78, 5) is 24.6. The number of rotatable bonds is 9. The number of hydrogen-bond donors (Lipinski definition) is 0. The smallest absolute Gasteiger partial charge is 0.429 e. The van der Waals surface area contributed by atoms with Crippen LogP contribution in [0.1, 0.15) is 47.4 Å². The monoisotopic (exact) mass is 351 g/mol. The van der Waals surface area contributed by atoms with Gasteiger partial charge in [0, 0.05) is 14.2 Å². The maximum absolute atomic E-state index is 12.5. The minimum absolute atomic E-state index is 0.129. The van der Waals surface area contributed by atoms with E-state index in [-0.39, 0.29) is 16.9 Å². The van der Waals surface area contributed by atoms with E-state index in [9.17, 15) is 9.59 Å². The van der Waals surface area contributed by atoms with Gasteiger partial charge in [-0.25, -0.2) is 9.59 Å². The van der Waals surface area contributed by atoms with Crippen molar-refractivity contribution in [3.8, 4) is 0 Å². The molecule has 7 heteroatoms. The Bertz CT molecular complexity index is 582. The lowest BCUT2D eigenvalue weighted by Gasteiger charge is -2.21. The minimum atomic E-state index is -1.75. The fourth-order valence-corrected chi connectivity index (χ4v) is 3.50. The van der Waals surface area contributed by atoms with Crippen LogP contribution in [0, 0.1) is 0 Å². The molecule has 0 aliphatic carbocycles. The summed E-state index contributed by atoms with van der Waals surface area (Å²) >= 11 is 0. The van der Waals surface area contributed by atoms with Gasteiger partial charge in [0.1, 0.15) is 5.73 Å². The van der Waals surface area contributed by atoms with Crippen molar-refractivity contribution >= 4 is 21.2 Å². The van der Waals surface area contributed by atoms with Gasteiger partial charge in [0.05, 0.1) is 16.9 Å². The third-order valence-electron chi connectivity index (χ3n) is 3.10. The Morgan fingerprint density at radius 1 is 1.12 bits per heavy atom. The van der Waals surface area contributed by atoms with E-state index >= 15 is 0 Å². The third-order valence-corrected chi connectivity index (χ3v) is 4.84. The quantitative estimate of drug-likeness (QED) is 0.387. The van der Waals surface area contributed by atoms with Crippen molar-refractivity contribution in [2.24, 2.45) is 0 Å². The van der Waals surface area contributed by atoms with Crippen molar-refractivity contribution < 1.29 is 27.9 Å². The van der Waals surface area contributed by atoms with Crippen LogP contribution in [0.25, 0.3) is 0 Å². The van der Waals surface area contributed by atoms with Crippen LogP contribution in [0.3, 0.4) is 0 Å². The molecule has 6 nitrogen and oxygen atoms in total. The summed E-state index contributed by atoms with van der Waals surface area (Å²) in [6.07, 6.45) is 1.41. The maximum atomic E-state index is 12.5. The summed E-state index contributed by atoms with van der Waals surface area (Å²) in [6.45, 7) is 7.06. The summed E-state index contributed by atoms with van der Waals surface area (Å²) in [5, 5.41) is 0. The number of benzene rings is 1. The summed E-state index contributed by atoms with van der Waals surface area (Å²) in [6, 6.07) is 6.33. The average molecular weight is 351 g/mol. The largest absolute Gasteiger partial charge is 0.457 e. The van der Waals surface area contributed by atoms with Crippen LogP contribution < -0.4 is 0 Å². The highest BCUT2D eigenvalue weighted by molar-refractivity contribution is 6.46. The molecule has 1 unspecified atom stereocenters. The molecule has 0 N–H and O–H groups in total. The Balaban J connectivity index is 3.01. The molecule has 0 saturated heterocycles.